The summed E-state index contributed by atoms with van der Waals surface area (Å²) in [4.78, 5) is 32.8. The minimum Gasteiger partial charge on any atom is -0.353 e. The number of carbonyl (C=O) groups is 2. The summed E-state index contributed by atoms with van der Waals surface area (Å²) in [6.07, 6.45) is 1.24. The van der Waals surface area contributed by atoms with Crippen molar-refractivity contribution in [2.45, 2.75) is 26.2 Å². The van der Waals surface area contributed by atoms with Gasteiger partial charge in [0.05, 0.1) is 16.9 Å². The number of aryl methyl sites for hydroxylation is 2. The molecule has 0 aliphatic rings. The first-order valence-electron chi connectivity index (χ1n) is 11.8. The molecule has 0 aliphatic heterocycles. The van der Waals surface area contributed by atoms with Crippen LogP contribution in [0.1, 0.15) is 34.3 Å². The van der Waals surface area contributed by atoms with Gasteiger partial charge in [-0.2, -0.15) is 0 Å². The van der Waals surface area contributed by atoms with Crippen LogP contribution in [-0.4, -0.2) is 21.8 Å². The zero-order valence-electron chi connectivity index (χ0n) is 19.8. The second kappa shape index (κ2) is 10.00. The van der Waals surface area contributed by atoms with Gasteiger partial charge < -0.3 is 4.98 Å². The number of hydrazine groups is 1. The Morgan fingerprint density at radius 2 is 1.75 bits per heavy atom. The highest BCUT2D eigenvalue weighted by Gasteiger charge is 2.16. The molecule has 6 nitrogen and oxygen atoms in total. The smallest absolute Gasteiger partial charge is 0.269 e. The van der Waals surface area contributed by atoms with Gasteiger partial charge in [0.2, 0.25) is 5.91 Å². The lowest BCUT2D eigenvalue weighted by Gasteiger charge is -2.09. The van der Waals surface area contributed by atoms with Crippen molar-refractivity contribution in [1.82, 2.24) is 20.8 Å². The molecule has 3 N–H and O–H groups in total. The summed E-state index contributed by atoms with van der Waals surface area (Å²) < 4.78 is 14.1. The van der Waals surface area contributed by atoms with Gasteiger partial charge in [0.1, 0.15) is 5.82 Å². The minimum absolute atomic E-state index is 0.195. The number of halogens is 1. The van der Waals surface area contributed by atoms with Crippen LogP contribution in [-0.2, 0) is 11.2 Å². The van der Waals surface area contributed by atoms with Crippen molar-refractivity contribution in [3.05, 3.63) is 101 Å². The number of amides is 2. The molecule has 180 valence electrons. The molecule has 0 atom stereocenters. The van der Waals surface area contributed by atoms with Crippen LogP contribution >= 0.6 is 0 Å². The third-order valence-electron chi connectivity index (χ3n) is 6.18. The Labute approximate surface area is 207 Å². The Morgan fingerprint density at radius 3 is 2.58 bits per heavy atom. The van der Waals surface area contributed by atoms with Crippen LogP contribution in [0.4, 0.5) is 4.39 Å². The van der Waals surface area contributed by atoms with E-state index in [2.05, 4.69) is 15.8 Å². The number of rotatable bonds is 6. The average Bonchev–Trinajstić information content (AvgIpc) is 3.25. The molecule has 0 unspecified atom stereocenters. The number of aromatic amines is 1. The van der Waals surface area contributed by atoms with E-state index >= 15 is 0 Å². The summed E-state index contributed by atoms with van der Waals surface area (Å²) in [5.41, 5.74) is 10.6. The Kier molecular flexibility index (Phi) is 6.45. The number of pyridine rings is 1. The Morgan fingerprint density at radius 1 is 0.944 bits per heavy atom. The number of nitrogens with zero attached hydrogens (tertiary/aromatic N) is 1. The average molecular weight is 481 g/mol. The number of fused-ring (bicyclic) bond motifs is 2. The fourth-order valence-electron chi connectivity index (χ4n) is 4.30. The molecular weight excluding hydrogens is 455 g/mol. The molecule has 0 spiro atoms. The van der Waals surface area contributed by atoms with E-state index in [-0.39, 0.29) is 24.1 Å². The second-order valence-electron chi connectivity index (χ2n) is 8.78. The first-order valence-corrected chi connectivity index (χ1v) is 11.8. The summed E-state index contributed by atoms with van der Waals surface area (Å²) in [5, 5.41) is 1.81. The van der Waals surface area contributed by atoms with Gasteiger partial charge in [-0.25, -0.2) is 9.37 Å². The summed E-state index contributed by atoms with van der Waals surface area (Å²) in [6, 6.07) is 23.5. The van der Waals surface area contributed by atoms with E-state index in [0.29, 0.717) is 18.4 Å². The first kappa shape index (κ1) is 23.2. The third-order valence-corrected chi connectivity index (χ3v) is 6.18. The van der Waals surface area contributed by atoms with Crippen LogP contribution in [0.3, 0.4) is 0 Å². The van der Waals surface area contributed by atoms with Gasteiger partial charge in [0.25, 0.3) is 5.91 Å². The summed E-state index contributed by atoms with van der Waals surface area (Å²) in [6.45, 7) is 1.94. The van der Waals surface area contributed by atoms with Crippen molar-refractivity contribution in [3.63, 3.8) is 0 Å². The molecule has 7 heteroatoms. The quantitative estimate of drug-likeness (QED) is 0.276. The molecule has 2 aromatic heterocycles. The van der Waals surface area contributed by atoms with E-state index in [1.54, 1.807) is 18.2 Å². The van der Waals surface area contributed by atoms with Gasteiger partial charge in [-0.1, -0.05) is 42.0 Å². The number of aromatic nitrogens is 2. The van der Waals surface area contributed by atoms with Crippen LogP contribution in [0.15, 0.2) is 78.9 Å². The zero-order chi connectivity index (χ0) is 25.1. The van der Waals surface area contributed by atoms with Crippen molar-refractivity contribution in [2.24, 2.45) is 0 Å². The van der Waals surface area contributed by atoms with Crippen LogP contribution in [0, 0.1) is 12.7 Å². The molecule has 0 saturated heterocycles. The van der Waals surface area contributed by atoms with E-state index in [0.717, 1.165) is 44.3 Å². The number of para-hydroxylation sites is 1. The molecule has 0 bridgehead atoms. The molecule has 0 aliphatic carbocycles. The number of carbonyl (C=O) groups excluding carboxylic acids is 2. The van der Waals surface area contributed by atoms with Gasteiger partial charge in [-0.15, -0.1) is 0 Å². The van der Waals surface area contributed by atoms with Crippen molar-refractivity contribution >= 4 is 33.6 Å². The number of hydrogen-bond acceptors (Lipinski definition) is 3. The van der Waals surface area contributed by atoms with Crippen molar-refractivity contribution in [1.29, 1.82) is 0 Å². The van der Waals surface area contributed by atoms with Crippen LogP contribution in [0.25, 0.3) is 33.2 Å². The second-order valence-corrected chi connectivity index (χ2v) is 8.78. The highest BCUT2D eigenvalue weighted by molar-refractivity contribution is 5.95. The topological polar surface area (TPSA) is 86.9 Å². The third kappa shape index (κ3) is 4.95. The molecular formula is C29H25FN4O2. The lowest BCUT2D eigenvalue weighted by molar-refractivity contribution is -0.121. The first-order chi connectivity index (χ1) is 17.5. The number of benzene rings is 3. The Balaban J connectivity index is 1.30. The van der Waals surface area contributed by atoms with E-state index in [4.69, 9.17) is 4.98 Å². The Bertz CT molecular complexity index is 1570. The molecule has 36 heavy (non-hydrogen) atoms. The molecule has 0 fully saturated rings. The van der Waals surface area contributed by atoms with E-state index < -0.39 is 0 Å². The zero-order valence-corrected chi connectivity index (χ0v) is 19.8. The minimum atomic E-state index is -0.375. The van der Waals surface area contributed by atoms with Crippen molar-refractivity contribution < 1.29 is 14.0 Å². The molecule has 2 amide bonds. The van der Waals surface area contributed by atoms with Gasteiger partial charge in [0, 0.05) is 28.3 Å². The highest BCUT2D eigenvalue weighted by Crippen LogP contribution is 2.32. The van der Waals surface area contributed by atoms with E-state index in [1.807, 2.05) is 55.5 Å². The molecule has 0 radical (unpaired) electrons. The SMILES string of the molecule is Cc1ccc(C(=O)NNC(=O)CCCc2c(-c3ccc4ccccc4n3)[nH]c3ccc(F)cc23)cc1. The van der Waals surface area contributed by atoms with Crippen molar-refractivity contribution in [3.8, 4) is 11.4 Å². The van der Waals surface area contributed by atoms with Gasteiger partial charge >= 0.3 is 0 Å². The van der Waals surface area contributed by atoms with Crippen molar-refractivity contribution in [2.75, 3.05) is 0 Å². The normalized spacial score (nSPS) is 11.1. The molecule has 5 aromatic rings. The highest BCUT2D eigenvalue weighted by atomic mass is 19.1. The molecule has 3 aromatic carbocycles. The van der Waals surface area contributed by atoms with Gasteiger partial charge in [0.15, 0.2) is 0 Å². The van der Waals surface area contributed by atoms with Gasteiger partial charge in [-0.05, 0) is 67.8 Å². The molecule has 0 saturated carbocycles. The lowest BCUT2D eigenvalue weighted by atomic mass is 10.0. The van der Waals surface area contributed by atoms with Crippen LogP contribution in [0.2, 0.25) is 0 Å². The number of H-pyrrole nitrogens is 1. The maximum Gasteiger partial charge on any atom is 0.269 e. The molecule has 2 heterocycles. The maximum absolute atomic E-state index is 14.1. The van der Waals surface area contributed by atoms with E-state index in [9.17, 15) is 14.0 Å². The monoisotopic (exact) mass is 480 g/mol. The number of nitrogens with one attached hydrogen (secondary N) is 3. The predicted octanol–water partition coefficient (Wildman–Crippen LogP) is 5.61. The largest absolute Gasteiger partial charge is 0.353 e. The van der Waals surface area contributed by atoms with Crippen LogP contribution in [0.5, 0.6) is 0 Å². The predicted molar refractivity (Wildman–Crippen MR) is 139 cm³/mol. The fraction of sp³-hybridized carbons (Fsp3) is 0.138. The maximum atomic E-state index is 14.1. The lowest BCUT2D eigenvalue weighted by Crippen LogP contribution is -2.41. The van der Waals surface area contributed by atoms with Gasteiger partial charge in [-0.3, -0.25) is 20.4 Å². The summed E-state index contributed by atoms with van der Waals surface area (Å²) in [5.74, 6) is -0.996. The van der Waals surface area contributed by atoms with E-state index in [1.165, 1.54) is 12.1 Å². The fourth-order valence-corrected chi connectivity index (χ4v) is 4.30. The number of hydrogen-bond donors (Lipinski definition) is 3. The summed E-state index contributed by atoms with van der Waals surface area (Å²) >= 11 is 0. The Hall–Kier alpha value is -4.52. The van der Waals surface area contributed by atoms with Crippen LogP contribution < -0.4 is 10.9 Å². The summed E-state index contributed by atoms with van der Waals surface area (Å²) in [7, 11) is 0. The standard InChI is InChI=1S/C29H25FN4O2/c1-18-9-11-20(12-10-18)29(36)34-33-27(35)8-4-6-22-23-17-21(30)14-16-25(23)32-28(22)26-15-13-19-5-2-3-7-24(19)31-26/h2-3,5,7,9-17,32H,4,6,8H2,1H3,(H,33,35)(H,34,36). The molecule has 5 rings (SSSR count).